The van der Waals surface area contributed by atoms with Crippen molar-refractivity contribution < 1.29 is 22.7 Å². The van der Waals surface area contributed by atoms with Gasteiger partial charge in [0.15, 0.2) is 5.16 Å². The smallest absolute Gasteiger partial charge is 0.410 e. The normalized spacial score (nSPS) is 15.8. The van der Waals surface area contributed by atoms with Crippen LogP contribution < -0.4 is 4.74 Å². The number of H-pyrrole nitrogens is 1. The fourth-order valence-corrected chi connectivity index (χ4v) is 5.10. The van der Waals surface area contributed by atoms with Gasteiger partial charge in [0.1, 0.15) is 5.75 Å². The zero-order chi connectivity index (χ0) is 24.1. The molecule has 3 aromatic rings. The van der Waals surface area contributed by atoms with Crippen molar-refractivity contribution in [1.29, 1.82) is 0 Å². The Morgan fingerprint density at radius 3 is 2.29 bits per heavy atom. The summed E-state index contributed by atoms with van der Waals surface area (Å²) in [4.78, 5) is 21.7. The first-order valence-corrected chi connectivity index (χ1v) is 12.0. The number of benzene rings is 2. The summed E-state index contributed by atoms with van der Waals surface area (Å²) in [5.41, 5.74) is 1.04. The minimum atomic E-state index is -4.34. The Labute approximate surface area is 200 Å². The van der Waals surface area contributed by atoms with E-state index >= 15 is 0 Å². The first kappa shape index (κ1) is 24.2. The van der Waals surface area contributed by atoms with Crippen LogP contribution in [-0.4, -0.2) is 39.3 Å². The van der Waals surface area contributed by atoms with E-state index in [1.165, 1.54) is 12.1 Å². The van der Waals surface area contributed by atoms with Crippen LogP contribution >= 0.6 is 11.8 Å². The topological polar surface area (TPSA) is 58.2 Å². The highest BCUT2D eigenvalue weighted by Crippen LogP contribution is 2.32. The third-order valence-corrected chi connectivity index (χ3v) is 7.25. The van der Waals surface area contributed by atoms with Gasteiger partial charge in [-0.3, -0.25) is 0 Å². The number of carbonyl (C=O) groups excluding carboxylic acids is 1. The van der Waals surface area contributed by atoms with E-state index in [0.717, 1.165) is 41.3 Å². The van der Waals surface area contributed by atoms with Gasteiger partial charge >= 0.3 is 12.3 Å². The van der Waals surface area contributed by atoms with Gasteiger partial charge in [-0.15, -0.1) is 0 Å². The van der Waals surface area contributed by atoms with E-state index in [2.05, 4.69) is 16.9 Å². The van der Waals surface area contributed by atoms with Gasteiger partial charge in [0, 0.05) is 30.7 Å². The molecule has 1 unspecified atom stereocenters. The lowest BCUT2D eigenvalue weighted by molar-refractivity contribution is -0.137. The molecule has 0 saturated carbocycles. The van der Waals surface area contributed by atoms with Crippen LogP contribution in [0.15, 0.2) is 66.1 Å². The molecule has 1 amide bonds. The molecule has 9 heteroatoms. The van der Waals surface area contributed by atoms with Crippen LogP contribution in [0.1, 0.15) is 36.5 Å². The number of amides is 1. The van der Waals surface area contributed by atoms with Crippen LogP contribution in [0.2, 0.25) is 0 Å². The summed E-state index contributed by atoms with van der Waals surface area (Å²) >= 11 is 1.72. The van der Waals surface area contributed by atoms with Crippen LogP contribution in [0.5, 0.6) is 5.75 Å². The number of nitrogens with one attached hydrogen (secondary N) is 1. The van der Waals surface area contributed by atoms with Gasteiger partial charge in [0.05, 0.1) is 5.56 Å². The number of rotatable bonds is 6. The van der Waals surface area contributed by atoms with Crippen LogP contribution in [0.4, 0.5) is 18.0 Å². The largest absolute Gasteiger partial charge is 0.416 e. The van der Waals surface area contributed by atoms with E-state index in [-0.39, 0.29) is 6.09 Å². The first-order valence-electron chi connectivity index (χ1n) is 11.2. The maximum Gasteiger partial charge on any atom is 0.416 e. The Morgan fingerprint density at radius 1 is 1.12 bits per heavy atom. The molecule has 4 rings (SSSR count). The number of alkyl halides is 3. The summed E-state index contributed by atoms with van der Waals surface area (Å²) in [6, 6.07) is 12.2. The van der Waals surface area contributed by atoms with Crippen LogP contribution in [0.25, 0.3) is 0 Å². The van der Waals surface area contributed by atoms with Crippen molar-refractivity contribution in [2.45, 2.75) is 42.8 Å². The van der Waals surface area contributed by atoms with Gasteiger partial charge in [-0.25, -0.2) is 9.78 Å². The second-order valence-electron chi connectivity index (χ2n) is 8.43. The van der Waals surface area contributed by atoms with Crippen molar-refractivity contribution in [2.75, 3.05) is 13.1 Å². The van der Waals surface area contributed by atoms with Gasteiger partial charge in [0.25, 0.3) is 0 Å². The van der Waals surface area contributed by atoms with Crippen LogP contribution in [0.3, 0.4) is 0 Å². The number of aromatic nitrogens is 2. The number of imidazole rings is 1. The molecule has 0 spiro atoms. The zero-order valence-corrected chi connectivity index (χ0v) is 19.5. The Hall–Kier alpha value is -2.94. The molecule has 1 N–H and O–H groups in total. The van der Waals surface area contributed by atoms with Gasteiger partial charge < -0.3 is 14.6 Å². The van der Waals surface area contributed by atoms with Crippen molar-refractivity contribution in [3.8, 4) is 5.75 Å². The second-order valence-corrected chi connectivity index (χ2v) is 9.79. The second kappa shape index (κ2) is 10.5. The third kappa shape index (κ3) is 6.34. The van der Waals surface area contributed by atoms with Gasteiger partial charge in [0.2, 0.25) is 0 Å². The number of piperidine rings is 1. The molecule has 0 radical (unpaired) electrons. The minimum absolute atomic E-state index is 0.361. The Bertz CT molecular complexity index is 1060. The van der Waals surface area contributed by atoms with Crippen molar-refractivity contribution in [1.82, 2.24) is 14.9 Å². The van der Waals surface area contributed by atoms with E-state index in [1.807, 2.05) is 18.3 Å². The fraction of sp³-hybridized carbons (Fsp3) is 0.360. The van der Waals surface area contributed by atoms with Gasteiger partial charge in [-0.1, -0.05) is 43.0 Å². The highest BCUT2D eigenvalue weighted by atomic mass is 32.2. The van der Waals surface area contributed by atoms with Crippen molar-refractivity contribution >= 4 is 17.9 Å². The van der Waals surface area contributed by atoms with Crippen molar-refractivity contribution in [3.63, 3.8) is 0 Å². The quantitative estimate of drug-likeness (QED) is 0.407. The predicted octanol–water partition coefficient (Wildman–Crippen LogP) is 6.41. The fourth-order valence-electron chi connectivity index (χ4n) is 4.03. The number of ether oxygens (including phenoxy) is 1. The highest BCUT2D eigenvalue weighted by molar-refractivity contribution is 7.99. The summed E-state index contributed by atoms with van der Waals surface area (Å²) in [5.74, 6) is 0.952. The SMILES string of the molecule is CC(Sc1ncc[nH]1)C1CCN(C(=O)Oc2ccc(Cc3ccc(C(F)(F)F)cc3)cc2)CC1. The summed E-state index contributed by atoms with van der Waals surface area (Å²) in [7, 11) is 0. The number of likely N-dealkylation sites (tertiary alicyclic amines) is 1. The van der Waals surface area contributed by atoms with Gasteiger partial charge in [-0.05, 0) is 60.6 Å². The monoisotopic (exact) mass is 489 g/mol. The molecular weight excluding hydrogens is 463 g/mol. The first-order chi connectivity index (χ1) is 16.3. The molecular formula is C25H26F3N3O2S. The van der Waals surface area contributed by atoms with E-state index < -0.39 is 11.7 Å². The number of hydrogen-bond acceptors (Lipinski definition) is 4. The molecule has 2 aromatic carbocycles. The maximum absolute atomic E-state index is 12.7. The lowest BCUT2D eigenvalue weighted by Gasteiger charge is -2.33. The van der Waals surface area contributed by atoms with Gasteiger partial charge in [-0.2, -0.15) is 13.2 Å². The van der Waals surface area contributed by atoms with Crippen molar-refractivity contribution in [2.24, 2.45) is 5.92 Å². The average molecular weight is 490 g/mol. The van der Waals surface area contributed by atoms with E-state index in [9.17, 15) is 18.0 Å². The van der Waals surface area contributed by atoms with Crippen molar-refractivity contribution in [3.05, 3.63) is 77.6 Å². The molecule has 34 heavy (non-hydrogen) atoms. The molecule has 1 aliphatic rings. The van der Waals surface area contributed by atoms with Crippen LogP contribution in [0, 0.1) is 5.92 Å². The minimum Gasteiger partial charge on any atom is -0.410 e. The molecule has 1 atom stereocenters. The molecule has 1 fully saturated rings. The molecule has 5 nitrogen and oxygen atoms in total. The highest BCUT2D eigenvalue weighted by Gasteiger charge is 2.30. The molecule has 180 valence electrons. The Kier molecular flexibility index (Phi) is 7.50. The number of hydrogen-bond donors (Lipinski definition) is 1. The number of aromatic amines is 1. The predicted molar refractivity (Wildman–Crippen MR) is 125 cm³/mol. The lowest BCUT2D eigenvalue weighted by Crippen LogP contribution is -2.41. The Balaban J connectivity index is 1.24. The third-order valence-electron chi connectivity index (χ3n) is 6.05. The summed E-state index contributed by atoms with van der Waals surface area (Å²) in [6.07, 6.45) is 1.18. The van der Waals surface area contributed by atoms with E-state index in [4.69, 9.17) is 4.74 Å². The number of halogens is 3. The zero-order valence-electron chi connectivity index (χ0n) is 18.7. The summed E-state index contributed by atoms with van der Waals surface area (Å²) in [6.45, 7) is 3.50. The Morgan fingerprint density at radius 2 is 1.74 bits per heavy atom. The number of thioether (sulfide) groups is 1. The molecule has 1 aliphatic heterocycles. The molecule has 0 bridgehead atoms. The summed E-state index contributed by atoms with van der Waals surface area (Å²) in [5, 5.41) is 1.32. The summed E-state index contributed by atoms with van der Waals surface area (Å²) < 4.78 is 43.6. The molecule has 1 aromatic heterocycles. The van der Waals surface area contributed by atoms with E-state index in [0.29, 0.717) is 36.4 Å². The molecule has 1 saturated heterocycles. The number of nitrogens with zero attached hydrogens (tertiary/aromatic N) is 2. The molecule has 0 aliphatic carbocycles. The number of carbonyl (C=O) groups is 1. The van der Waals surface area contributed by atoms with Crippen LogP contribution in [-0.2, 0) is 12.6 Å². The van der Waals surface area contributed by atoms with E-state index in [1.54, 1.807) is 35.0 Å². The molecule has 2 heterocycles. The average Bonchev–Trinajstić information content (AvgIpc) is 3.33. The standard InChI is InChI=1S/C25H26F3N3O2S/c1-17(34-23-29-12-13-30-23)20-10-14-31(15-11-20)24(32)33-22-8-4-19(5-9-22)16-18-2-6-21(7-3-18)25(26,27)28/h2-9,12-13,17,20H,10-11,14-16H2,1H3,(H,29,30). The maximum atomic E-state index is 12.7. The lowest BCUT2D eigenvalue weighted by atomic mass is 9.94.